The van der Waals surface area contributed by atoms with E-state index in [9.17, 15) is 14.4 Å². The highest BCUT2D eigenvalue weighted by atomic mass is 35.5. The van der Waals surface area contributed by atoms with E-state index in [0.717, 1.165) is 24.0 Å². The zero-order valence-corrected chi connectivity index (χ0v) is 17.3. The molecule has 0 bridgehead atoms. The summed E-state index contributed by atoms with van der Waals surface area (Å²) in [5, 5.41) is 3.58. The van der Waals surface area contributed by atoms with Crippen molar-refractivity contribution >= 4 is 35.0 Å². The van der Waals surface area contributed by atoms with Crippen molar-refractivity contribution in [2.24, 2.45) is 11.8 Å². The fraction of sp³-hybridized carbons (Fsp3) is 0.571. The maximum atomic E-state index is 13.6. The number of anilines is 1. The third-order valence-corrected chi connectivity index (χ3v) is 7.44. The van der Waals surface area contributed by atoms with Gasteiger partial charge in [0.2, 0.25) is 17.7 Å². The van der Waals surface area contributed by atoms with Crippen LogP contribution in [0.1, 0.15) is 44.7 Å². The van der Waals surface area contributed by atoms with Crippen LogP contribution in [0.2, 0.25) is 5.02 Å². The molecule has 4 heterocycles. The quantitative estimate of drug-likeness (QED) is 0.678. The zero-order valence-electron chi connectivity index (χ0n) is 16.5. The molecule has 3 fully saturated rings. The van der Waals surface area contributed by atoms with E-state index in [1.54, 1.807) is 6.07 Å². The number of rotatable bonds is 0. The summed E-state index contributed by atoms with van der Waals surface area (Å²) in [6.45, 7) is 8.19. The van der Waals surface area contributed by atoms with Crippen LogP contribution in [0.25, 0.3) is 0 Å². The van der Waals surface area contributed by atoms with E-state index in [1.807, 2.05) is 33.8 Å². The lowest BCUT2D eigenvalue weighted by Crippen LogP contribution is -2.56. The molecule has 1 N–H and O–H groups in total. The Balaban J connectivity index is 1.77. The maximum absolute atomic E-state index is 13.6. The maximum Gasteiger partial charge on any atom is 0.250 e. The number of fused-ring (bicyclic) bond motifs is 7. The average molecular weight is 402 g/mol. The number of likely N-dealkylation sites (tertiary alicyclic amines) is 1. The molecule has 148 valence electrons. The Labute approximate surface area is 169 Å². The predicted molar refractivity (Wildman–Crippen MR) is 105 cm³/mol. The number of amides is 3. The minimum Gasteiger partial charge on any atom is -0.324 e. The fourth-order valence-corrected chi connectivity index (χ4v) is 6.21. The summed E-state index contributed by atoms with van der Waals surface area (Å²) in [5.41, 5.74) is 0.544. The summed E-state index contributed by atoms with van der Waals surface area (Å²) in [7, 11) is 0. The Hall–Kier alpha value is -1.92. The lowest BCUT2D eigenvalue weighted by Gasteiger charge is -2.38. The molecule has 1 aromatic rings. The van der Waals surface area contributed by atoms with Crippen LogP contribution in [0.5, 0.6) is 0 Å². The molecule has 4 atom stereocenters. The molecule has 7 heteroatoms. The van der Waals surface area contributed by atoms with Crippen LogP contribution in [-0.2, 0) is 19.9 Å². The molecule has 5 rings (SSSR count). The molecule has 6 nitrogen and oxygen atoms in total. The second kappa shape index (κ2) is 5.36. The van der Waals surface area contributed by atoms with Gasteiger partial charge in [0.15, 0.2) is 0 Å². The number of hydrogen-bond acceptors (Lipinski definition) is 4. The molecular formula is C21H24ClN3O3. The predicted octanol–water partition coefficient (Wildman–Crippen LogP) is 2.67. The smallest absolute Gasteiger partial charge is 0.250 e. The summed E-state index contributed by atoms with van der Waals surface area (Å²) in [4.78, 5) is 44.1. The first kappa shape index (κ1) is 18.1. The topological polar surface area (TPSA) is 69.7 Å². The molecule has 0 saturated carbocycles. The number of benzene rings is 1. The van der Waals surface area contributed by atoms with Gasteiger partial charge in [-0.15, -0.1) is 0 Å². The first-order valence-electron chi connectivity index (χ1n) is 9.87. The van der Waals surface area contributed by atoms with E-state index in [0.29, 0.717) is 17.3 Å². The lowest BCUT2D eigenvalue weighted by molar-refractivity contribution is -0.150. The van der Waals surface area contributed by atoms with E-state index < -0.39 is 22.9 Å². The van der Waals surface area contributed by atoms with Crippen molar-refractivity contribution in [2.45, 2.75) is 57.7 Å². The van der Waals surface area contributed by atoms with Crippen LogP contribution in [0, 0.1) is 18.8 Å². The first-order valence-corrected chi connectivity index (χ1v) is 10.2. The molecule has 28 heavy (non-hydrogen) atoms. The van der Waals surface area contributed by atoms with Gasteiger partial charge in [-0.3, -0.25) is 24.2 Å². The van der Waals surface area contributed by atoms with Crippen molar-refractivity contribution in [3.8, 4) is 0 Å². The average Bonchev–Trinajstić information content (AvgIpc) is 3.29. The van der Waals surface area contributed by atoms with Crippen LogP contribution in [-0.4, -0.2) is 45.6 Å². The van der Waals surface area contributed by atoms with Crippen molar-refractivity contribution in [3.05, 3.63) is 28.3 Å². The molecule has 1 spiro atoms. The molecule has 0 radical (unpaired) electrons. The minimum absolute atomic E-state index is 0.0820. The highest BCUT2D eigenvalue weighted by Crippen LogP contribution is 2.61. The van der Waals surface area contributed by atoms with Crippen molar-refractivity contribution in [1.82, 2.24) is 9.80 Å². The minimum atomic E-state index is -1.12. The molecule has 1 aromatic carbocycles. The number of imide groups is 1. The van der Waals surface area contributed by atoms with Crippen molar-refractivity contribution < 1.29 is 14.4 Å². The Morgan fingerprint density at radius 3 is 2.57 bits per heavy atom. The molecule has 3 amide bonds. The van der Waals surface area contributed by atoms with Crippen LogP contribution in [0.4, 0.5) is 5.69 Å². The molecule has 0 aromatic heterocycles. The second-order valence-corrected chi connectivity index (χ2v) is 9.81. The van der Waals surface area contributed by atoms with Gasteiger partial charge in [0.1, 0.15) is 5.54 Å². The molecule has 4 aliphatic rings. The van der Waals surface area contributed by atoms with E-state index >= 15 is 0 Å². The molecule has 0 aliphatic carbocycles. The molecule has 4 unspecified atom stereocenters. The van der Waals surface area contributed by atoms with Gasteiger partial charge in [0.05, 0.1) is 17.5 Å². The summed E-state index contributed by atoms with van der Waals surface area (Å²) < 4.78 is 0. The van der Waals surface area contributed by atoms with Crippen LogP contribution in [0.3, 0.4) is 0 Å². The number of hydrogen-bond donors (Lipinski definition) is 1. The second-order valence-electron chi connectivity index (χ2n) is 9.40. The first-order chi connectivity index (χ1) is 13.1. The van der Waals surface area contributed by atoms with Crippen LogP contribution in [0.15, 0.2) is 12.1 Å². The van der Waals surface area contributed by atoms with Gasteiger partial charge < -0.3 is 5.32 Å². The van der Waals surface area contributed by atoms with E-state index in [1.165, 1.54) is 4.90 Å². The molecule has 3 saturated heterocycles. The van der Waals surface area contributed by atoms with Gasteiger partial charge in [-0.1, -0.05) is 17.7 Å². The van der Waals surface area contributed by atoms with Crippen LogP contribution < -0.4 is 5.32 Å². The summed E-state index contributed by atoms with van der Waals surface area (Å²) in [6.07, 6.45) is 1.75. The number of nitrogens with one attached hydrogen (secondary N) is 1. The van der Waals surface area contributed by atoms with E-state index in [2.05, 4.69) is 10.2 Å². The van der Waals surface area contributed by atoms with Gasteiger partial charge in [0, 0.05) is 22.2 Å². The summed E-state index contributed by atoms with van der Waals surface area (Å²) >= 11 is 6.30. The third-order valence-electron chi connectivity index (χ3n) is 7.03. The zero-order chi connectivity index (χ0) is 20.2. The van der Waals surface area contributed by atoms with Gasteiger partial charge >= 0.3 is 0 Å². The highest BCUT2D eigenvalue weighted by Gasteiger charge is 2.75. The van der Waals surface area contributed by atoms with Crippen molar-refractivity contribution in [1.29, 1.82) is 0 Å². The van der Waals surface area contributed by atoms with E-state index in [4.69, 9.17) is 11.6 Å². The van der Waals surface area contributed by atoms with Gasteiger partial charge in [-0.05, 0) is 58.7 Å². The summed E-state index contributed by atoms with van der Waals surface area (Å²) in [5.74, 6) is -1.73. The molecular weight excluding hydrogens is 378 g/mol. The van der Waals surface area contributed by atoms with Crippen molar-refractivity contribution in [2.75, 3.05) is 11.9 Å². The third kappa shape index (κ3) is 1.86. The fourth-order valence-electron chi connectivity index (χ4n) is 6.05. The van der Waals surface area contributed by atoms with Crippen LogP contribution >= 0.6 is 11.6 Å². The highest BCUT2D eigenvalue weighted by molar-refractivity contribution is 6.32. The Morgan fingerprint density at radius 2 is 1.89 bits per heavy atom. The number of carbonyl (C=O) groups is 3. The number of carbonyl (C=O) groups excluding carboxylic acids is 3. The van der Waals surface area contributed by atoms with Gasteiger partial charge in [0.25, 0.3) is 0 Å². The monoisotopic (exact) mass is 401 g/mol. The van der Waals surface area contributed by atoms with E-state index in [-0.39, 0.29) is 23.8 Å². The largest absolute Gasteiger partial charge is 0.324 e. The normalized spacial score (nSPS) is 34.2. The SMILES string of the molecule is Cc1c(Cl)ccc2c1NC(=O)C21C2C(=O)N(C(C)(C)C)C(=O)C2C2CCCN21. The Morgan fingerprint density at radius 1 is 1.18 bits per heavy atom. The molecule has 4 aliphatic heterocycles. The Kier molecular flexibility index (Phi) is 3.47. The lowest BCUT2D eigenvalue weighted by atomic mass is 9.75. The Bertz CT molecular complexity index is 953. The van der Waals surface area contributed by atoms with Gasteiger partial charge in [-0.2, -0.15) is 0 Å². The number of nitrogens with zero attached hydrogens (tertiary/aromatic N) is 2. The van der Waals surface area contributed by atoms with Gasteiger partial charge in [-0.25, -0.2) is 0 Å². The van der Waals surface area contributed by atoms with Crippen molar-refractivity contribution in [3.63, 3.8) is 0 Å². The summed E-state index contributed by atoms with van der Waals surface area (Å²) in [6, 6.07) is 3.57. The number of halogens is 1. The standard InChI is InChI=1S/C21H24ClN3O3/c1-10-12(22)8-7-11-16(10)23-19(28)21(11)15-14(13-6-5-9-24(13)21)17(26)25(18(15)27)20(2,3)4/h7-8,13-15H,5-6,9H2,1-4H3,(H,23,28).